The van der Waals surface area contributed by atoms with E-state index in [1.807, 2.05) is 0 Å². The van der Waals surface area contributed by atoms with Crippen molar-refractivity contribution in [1.82, 2.24) is 0 Å². The highest BCUT2D eigenvalue weighted by molar-refractivity contribution is 5.95. The number of carbonyl (C=O) groups is 2. The van der Waals surface area contributed by atoms with E-state index in [-0.39, 0.29) is 11.7 Å². The van der Waals surface area contributed by atoms with Gasteiger partial charge in [-0.1, -0.05) is 12.1 Å². The molecule has 0 aliphatic carbocycles. The molecular weight excluding hydrogens is 313 g/mol. The van der Waals surface area contributed by atoms with Gasteiger partial charge in [-0.15, -0.1) is 0 Å². The minimum absolute atomic E-state index is 0.00246. The van der Waals surface area contributed by atoms with E-state index in [2.05, 4.69) is 0 Å². The lowest BCUT2D eigenvalue weighted by atomic mass is 10.3. The number of hydrogen-bond acceptors (Lipinski definition) is 4. The number of benzene rings is 2. The van der Waals surface area contributed by atoms with Crippen molar-refractivity contribution in [1.29, 1.82) is 0 Å². The first-order chi connectivity index (χ1) is 11.6. The number of hydrogen-bond donors (Lipinski definition) is 0. The van der Waals surface area contributed by atoms with E-state index in [1.165, 1.54) is 18.2 Å². The zero-order valence-corrected chi connectivity index (χ0v) is 12.9. The molecule has 1 aliphatic heterocycles. The van der Waals surface area contributed by atoms with Gasteiger partial charge in [0, 0.05) is 18.7 Å². The molecule has 0 unspecified atom stereocenters. The average Bonchev–Trinajstić information content (AvgIpc) is 3.01. The molecule has 0 bridgehead atoms. The SMILES string of the molecule is O=C(COc1ccccc1F)Oc1ccc(N2CCCC2=O)cc1. The van der Waals surface area contributed by atoms with Crippen LogP contribution in [0.2, 0.25) is 0 Å². The molecule has 1 amide bonds. The lowest BCUT2D eigenvalue weighted by molar-refractivity contribution is -0.136. The van der Waals surface area contributed by atoms with Gasteiger partial charge in [-0.2, -0.15) is 0 Å². The molecule has 0 radical (unpaired) electrons. The van der Waals surface area contributed by atoms with Gasteiger partial charge < -0.3 is 14.4 Å². The predicted molar refractivity (Wildman–Crippen MR) is 85.6 cm³/mol. The zero-order valence-electron chi connectivity index (χ0n) is 12.9. The van der Waals surface area contributed by atoms with E-state index in [9.17, 15) is 14.0 Å². The summed E-state index contributed by atoms with van der Waals surface area (Å²) in [6.45, 7) is 0.307. The van der Waals surface area contributed by atoms with Crippen LogP contribution in [0.5, 0.6) is 11.5 Å². The van der Waals surface area contributed by atoms with Crippen LogP contribution in [0, 0.1) is 5.82 Å². The summed E-state index contributed by atoms with van der Waals surface area (Å²) in [4.78, 5) is 25.1. The van der Waals surface area contributed by atoms with Crippen molar-refractivity contribution < 1.29 is 23.5 Å². The molecule has 1 aliphatic rings. The van der Waals surface area contributed by atoms with Gasteiger partial charge in [-0.3, -0.25) is 4.79 Å². The van der Waals surface area contributed by atoms with Gasteiger partial charge in [0.25, 0.3) is 0 Å². The number of ether oxygens (including phenoxy) is 2. The van der Waals surface area contributed by atoms with Crippen molar-refractivity contribution >= 4 is 17.6 Å². The monoisotopic (exact) mass is 329 g/mol. The second-order valence-corrected chi connectivity index (χ2v) is 5.34. The Morgan fingerprint density at radius 3 is 2.54 bits per heavy atom. The largest absolute Gasteiger partial charge is 0.479 e. The maximum absolute atomic E-state index is 13.4. The zero-order chi connectivity index (χ0) is 16.9. The minimum atomic E-state index is -0.636. The highest BCUT2D eigenvalue weighted by atomic mass is 19.1. The lowest BCUT2D eigenvalue weighted by Crippen LogP contribution is -2.23. The summed E-state index contributed by atoms with van der Waals surface area (Å²) in [6, 6.07) is 12.5. The molecule has 1 fully saturated rings. The number of esters is 1. The van der Waals surface area contributed by atoms with Crippen molar-refractivity contribution in [2.24, 2.45) is 0 Å². The van der Waals surface area contributed by atoms with Gasteiger partial charge in [0.2, 0.25) is 5.91 Å². The topological polar surface area (TPSA) is 55.8 Å². The highest BCUT2D eigenvalue weighted by Gasteiger charge is 2.21. The van der Waals surface area contributed by atoms with Crippen LogP contribution in [0.3, 0.4) is 0 Å². The van der Waals surface area contributed by atoms with Gasteiger partial charge in [-0.25, -0.2) is 9.18 Å². The fourth-order valence-electron chi connectivity index (χ4n) is 2.47. The average molecular weight is 329 g/mol. The second-order valence-electron chi connectivity index (χ2n) is 5.34. The quantitative estimate of drug-likeness (QED) is 0.625. The van der Waals surface area contributed by atoms with Crippen LogP contribution in [-0.4, -0.2) is 25.0 Å². The summed E-state index contributed by atoms with van der Waals surface area (Å²) in [5, 5.41) is 0. The van der Waals surface area contributed by atoms with Crippen LogP contribution in [0.4, 0.5) is 10.1 Å². The molecular formula is C18H16FNO4. The van der Waals surface area contributed by atoms with Crippen LogP contribution >= 0.6 is 0 Å². The van der Waals surface area contributed by atoms with Gasteiger partial charge in [-0.05, 0) is 42.8 Å². The molecule has 2 aromatic rings. The number of carbonyl (C=O) groups excluding carboxylic acids is 2. The number of anilines is 1. The first-order valence-corrected chi connectivity index (χ1v) is 7.62. The Morgan fingerprint density at radius 2 is 1.88 bits per heavy atom. The first-order valence-electron chi connectivity index (χ1n) is 7.62. The molecule has 1 saturated heterocycles. The fourth-order valence-corrected chi connectivity index (χ4v) is 2.47. The van der Waals surface area contributed by atoms with Crippen molar-refractivity contribution in [3.63, 3.8) is 0 Å². The molecule has 3 rings (SSSR count). The molecule has 0 saturated carbocycles. The van der Waals surface area contributed by atoms with Crippen LogP contribution < -0.4 is 14.4 Å². The third-order valence-electron chi connectivity index (χ3n) is 3.64. The highest BCUT2D eigenvalue weighted by Crippen LogP contribution is 2.24. The second kappa shape index (κ2) is 7.12. The Bertz CT molecular complexity index is 745. The van der Waals surface area contributed by atoms with E-state index < -0.39 is 18.4 Å². The van der Waals surface area contributed by atoms with Gasteiger partial charge in [0.1, 0.15) is 5.75 Å². The van der Waals surface area contributed by atoms with Crippen molar-refractivity contribution in [3.05, 3.63) is 54.3 Å². The maximum Gasteiger partial charge on any atom is 0.349 e. The summed E-state index contributed by atoms with van der Waals surface area (Å²) in [5.41, 5.74) is 0.778. The Hall–Kier alpha value is -2.89. The normalized spacial score (nSPS) is 13.9. The first kappa shape index (κ1) is 16.0. The fraction of sp³-hybridized carbons (Fsp3) is 0.222. The third-order valence-corrected chi connectivity index (χ3v) is 3.64. The Balaban J connectivity index is 1.55. The number of rotatable bonds is 5. The number of nitrogens with zero attached hydrogens (tertiary/aromatic N) is 1. The Kier molecular flexibility index (Phi) is 4.74. The van der Waals surface area contributed by atoms with Gasteiger partial charge in [0.15, 0.2) is 18.2 Å². The van der Waals surface area contributed by atoms with Gasteiger partial charge in [0.05, 0.1) is 0 Å². The van der Waals surface area contributed by atoms with Crippen molar-refractivity contribution in [3.8, 4) is 11.5 Å². The summed E-state index contributed by atoms with van der Waals surface area (Å²) >= 11 is 0. The number of halogens is 1. The smallest absolute Gasteiger partial charge is 0.349 e. The summed E-state index contributed by atoms with van der Waals surface area (Å²) < 4.78 is 23.6. The molecule has 0 atom stereocenters. The molecule has 5 nitrogen and oxygen atoms in total. The molecule has 1 heterocycles. The lowest BCUT2D eigenvalue weighted by Gasteiger charge is -2.15. The molecule has 0 spiro atoms. The Labute approximate surface area is 138 Å². The van der Waals surface area contributed by atoms with E-state index in [4.69, 9.17) is 9.47 Å². The van der Waals surface area contributed by atoms with Crippen LogP contribution in [0.1, 0.15) is 12.8 Å². The molecule has 0 aromatic heterocycles. The van der Waals surface area contributed by atoms with E-state index in [0.29, 0.717) is 18.7 Å². The van der Waals surface area contributed by atoms with Crippen LogP contribution in [-0.2, 0) is 9.59 Å². The van der Waals surface area contributed by atoms with Crippen LogP contribution in [0.25, 0.3) is 0 Å². The molecule has 2 aromatic carbocycles. The van der Waals surface area contributed by atoms with Crippen molar-refractivity contribution in [2.75, 3.05) is 18.1 Å². The number of amides is 1. The van der Waals surface area contributed by atoms with Gasteiger partial charge >= 0.3 is 5.97 Å². The van der Waals surface area contributed by atoms with E-state index >= 15 is 0 Å². The summed E-state index contributed by atoms with van der Waals surface area (Å²) in [5.74, 6) is -0.740. The molecule has 24 heavy (non-hydrogen) atoms. The summed E-state index contributed by atoms with van der Waals surface area (Å²) in [7, 11) is 0. The minimum Gasteiger partial charge on any atom is -0.479 e. The van der Waals surface area contributed by atoms with Crippen LogP contribution in [0.15, 0.2) is 48.5 Å². The molecule has 0 N–H and O–H groups in total. The van der Waals surface area contributed by atoms with Crippen molar-refractivity contribution in [2.45, 2.75) is 12.8 Å². The number of para-hydroxylation sites is 1. The van der Waals surface area contributed by atoms with E-state index in [1.54, 1.807) is 35.2 Å². The standard InChI is InChI=1S/C18H16FNO4/c19-15-4-1-2-5-16(15)23-12-18(22)24-14-9-7-13(8-10-14)20-11-3-6-17(20)21/h1-2,4-5,7-10H,3,6,11-12H2. The maximum atomic E-state index is 13.4. The Morgan fingerprint density at radius 1 is 1.12 bits per heavy atom. The summed E-state index contributed by atoms with van der Waals surface area (Å²) in [6.07, 6.45) is 1.41. The van der Waals surface area contributed by atoms with E-state index in [0.717, 1.165) is 12.1 Å². The molecule has 6 heteroatoms. The predicted octanol–water partition coefficient (Wildman–Crippen LogP) is 2.94. The third kappa shape index (κ3) is 3.71. The molecule has 124 valence electrons.